The molecule has 2 aromatic carbocycles. The number of carbonyl (C=O) groups is 2. The van der Waals surface area contributed by atoms with Crippen LogP contribution in [0.4, 0.5) is 0 Å². The van der Waals surface area contributed by atoms with Crippen LogP contribution >= 0.6 is 0 Å². The van der Waals surface area contributed by atoms with Crippen LogP contribution in [0.5, 0.6) is 5.75 Å². The molecule has 1 aliphatic heterocycles. The highest BCUT2D eigenvalue weighted by Gasteiger charge is 2.33. The molecule has 1 fully saturated rings. The molecule has 174 valence electrons. The zero-order valence-corrected chi connectivity index (χ0v) is 19.7. The summed E-state index contributed by atoms with van der Waals surface area (Å²) in [7, 11) is 3.28. The average Bonchev–Trinajstić information content (AvgIpc) is 2.83. The molecule has 0 aromatic heterocycles. The molecule has 2 aromatic rings. The van der Waals surface area contributed by atoms with E-state index in [2.05, 4.69) is 42.6 Å². The van der Waals surface area contributed by atoms with Crippen molar-refractivity contribution in [1.82, 2.24) is 10.2 Å². The van der Waals surface area contributed by atoms with E-state index in [1.165, 1.54) is 12.5 Å². The van der Waals surface area contributed by atoms with Gasteiger partial charge in [0.2, 0.25) is 5.91 Å². The topological polar surface area (TPSA) is 67.9 Å². The van der Waals surface area contributed by atoms with Crippen LogP contribution in [0.3, 0.4) is 0 Å². The number of carbonyl (C=O) groups excluding carboxylic acids is 2. The Morgan fingerprint density at radius 2 is 1.62 bits per heavy atom. The quantitative estimate of drug-likeness (QED) is 0.660. The van der Waals surface area contributed by atoms with Crippen LogP contribution in [-0.4, -0.2) is 57.2 Å². The molecule has 1 heterocycles. The first-order valence-electron chi connectivity index (χ1n) is 11.1. The lowest BCUT2D eigenvalue weighted by molar-refractivity contribution is -0.119. The molecule has 0 aliphatic carbocycles. The van der Waals surface area contributed by atoms with Gasteiger partial charge in [-0.15, -0.1) is 0 Å². The predicted molar refractivity (Wildman–Crippen MR) is 127 cm³/mol. The van der Waals surface area contributed by atoms with Gasteiger partial charge in [0.15, 0.2) is 0 Å². The number of ether oxygens (including phenoxy) is 2. The standard InChI is InChI=1S/C20H23NO2.C6H13NO2/c1-20(17-6-4-3-5-7-17)12-14-21(15-13-20)19(22)16-8-10-18(23-2)11-9-16;1-6(8)7-4-3-5-9-2/h3-11H,12-15H2,1-2H3;3-5H2,1-2H3,(H,7,8). The normalized spacial score (nSPS) is 14.7. The van der Waals surface area contributed by atoms with Crippen molar-refractivity contribution in [3.8, 4) is 5.75 Å². The number of hydrogen-bond donors (Lipinski definition) is 1. The fourth-order valence-electron chi connectivity index (χ4n) is 3.73. The molecule has 0 spiro atoms. The van der Waals surface area contributed by atoms with E-state index >= 15 is 0 Å². The van der Waals surface area contributed by atoms with E-state index in [-0.39, 0.29) is 17.2 Å². The van der Waals surface area contributed by atoms with Crippen LogP contribution < -0.4 is 10.1 Å². The number of nitrogens with zero attached hydrogens (tertiary/aromatic N) is 1. The Hall–Kier alpha value is -2.86. The van der Waals surface area contributed by atoms with E-state index in [0.29, 0.717) is 13.2 Å². The number of nitrogens with one attached hydrogen (secondary N) is 1. The van der Waals surface area contributed by atoms with Crippen LogP contribution in [0.15, 0.2) is 54.6 Å². The number of amides is 2. The first-order chi connectivity index (χ1) is 15.4. The van der Waals surface area contributed by atoms with E-state index in [9.17, 15) is 9.59 Å². The molecule has 1 aliphatic rings. The molecule has 0 saturated carbocycles. The van der Waals surface area contributed by atoms with Crippen LogP contribution in [-0.2, 0) is 14.9 Å². The fourth-order valence-corrected chi connectivity index (χ4v) is 3.73. The van der Waals surface area contributed by atoms with Gasteiger partial charge in [0.25, 0.3) is 5.91 Å². The predicted octanol–water partition coefficient (Wildman–Crippen LogP) is 4.05. The van der Waals surface area contributed by atoms with Crippen molar-refractivity contribution in [2.24, 2.45) is 0 Å². The summed E-state index contributed by atoms with van der Waals surface area (Å²) >= 11 is 0. The molecule has 2 amide bonds. The van der Waals surface area contributed by atoms with Crippen molar-refractivity contribution in [1.29, 1.82) is 0 Å². The zero-order chi connectivity index (χ0) is 23.4. The van der Waals surface area contributed by atoms with Gasteiger partial charge in [-0.2, -0.15) is 0 Å². The fraction of sp³-hybridized carbons (Fsp3) is 0.462. The molecule has 6 heteroatoms. The third kappa shape index (κ3) is 7.68. The highest BCUT2D eigenvalue weighted by atomic mass is 16.5. The summed E-state index contributed by atoms with van der Waals surface area (Å²) in [5.74, 6) is 0.908. The lowest BCUT2D eigenvalue weighted by Crippen LogP contribution is -2.43. The largest absolute Gasteiger partial charge is 0.497 e. The van der Waals surface area contributed by atoms with Crippen LogP contribution in [0.1, 0.15) is 49.0 Å². The first kappa shape index (κ1) is 25.4. The van der Waals surface area contributed by atoms with E-state index in [0.717, 1.165) is 43.7 Å². The summed E-state index contributed by atoms with van der Waals surface area (Å²) in [4.78, 5) is 24.9. The molecule has 0 radical (unpaired) electrons. The Morgan fingerprint density at radius 1 is 1.00 bits per heavy atom. The van der Waals surface area contributed by atoms with Crippen molar-refractivity contribution >= 4 is 11.8 Å². The molecule has 1 saturated heterocycles. The number of likely N-dealkylation sites (tertiary alicyclic amines) is 1. The van der Waals surface area contributed by atoms with Gasteiger partial charge in [0.05, 0.1) is 7.11 Å². The summed E-state index contributed by atoms with van der Waals surface area (Å²) in [6.07, 6.45) is 2.88. The smallest absolute Gasteiger partial charge is 0.253 e. The van der Waals surface area contributed by atoms with Gasteiger partial charge >= 0.3 is 0 Å². The minimum atomic E-state index is 0.0195. The maximum absolute atomic E-state index is 12.6. The lowest BCUT2D eigenvalue weighted by atomic mass is 9.74. The summed E-state index contributed by atoms with van der Waals surface area (Å²) in [6.45, 7) is 6.83. The summed E-state index contributed by atoms with van der Waals surface area (Å²) in [6, 6.07) is 18.0. The van der Waals surface area contributed by atoms with E-state index in [4.69, 9.17) is 9.47 Å². The molecular weight excluding hydrogens is 404 g/mol. The first-order valence-corrected chi connectivity index (χ1v) is 11.1. The van der Waals surface area contributed by atoms with Gasteiger partial charge in [-0.3, -0.25) is 9.59 Å². The Bertz CT molecular complexity index is 829. The second kappa shape index (κ2) is 12.9. The maximum atomic E-state index is 12.6. The zero-order valence-electron chi connectivity index (χ0n) is 19.7. The Morgan fingerprint density at radius 3 is 2.16 bits per heavy atom. The van der Waals surface area contributed by atoms with Gasteiger partial charge in [0, 0.05) is 45.8 Å². The van der Waals surface area contributed by atoms with E-state index in [1.807, 2.05) is 29.2 Å². The van der Waals surface area contributed by atoms with Crippen molar-refractivity contribution in [3.05, 3.63) is 65.7 Å². The summed E-state index contributed by atoms with van der Waals surface area (Å²) in [5.41, 5.74) is 2.27. The number of benzene rings is 2. The van der Waals surface area contributed by atoms with E-state index < -0.39 is 0 Å². The maximum Gasteiger partial charge on any atom is 0.253 e. The van der Waals surface area contributed by atoms with Gasteiger partial charge in [0.1, 0.15) is 5.75 Å². The SMILES string of the molecule is COCCCNC(C)=O.COc1ccc(C(=O)N2CCC(C)(c3ccccc3)CC2)cc1. The third-order valence-corrected chi connectivity index (χ3v) is 5.86. The van der Waals surface area contributed by atoms with Crippen molar-refractivity contribution in [2.75, 3.05) is 40.5 Å². The molecule has 6 nitrogen and oxygen atoms in total. The number of rotatable bonds is 7. The van der Waals surface area contributed by atoms with Crippen LogP contribution in [0, 0.1) is 0 Å². The monoisotopic (exact) mass is 440 g/mol. The Kier molecular flexibility index (Phi) is 10.2. The molecule has 0 unspecified atom stereocenters. The van der Waals surface area contributed by atoms with Crippen LogP contribution in [0.2, 0.25) is 0 Å². The minimum absolute atomic E-state index is 0.0195. The average molecular weight is 441 g/mol. The number of piperidine rings is 1. The second-order valence-corrected chi connectivity index (χ2v) is 8.28. The number of hydrogen-bond acceptors (Lipinski definition) is 4. The van der Waals surface area contributed by atoms with Crippen LogP contribution in [0.25, 0.3) is 0 Å². The van der Waals surface area contributed by atoms with Gasteiger partial charge in [-0.1, -0.05) is 37.3 Å². The summed E-state index contributed by atoms with van der Waals surface area (Å²) < 4.78 is 9.92. The van der Waals surface area contributed by atoms with Crippen molar-refractivity contribution < 1.29 is 19.1 Å². The molecule has 0 bridgehead atoms. The molecular formula is C26H36N2O4. The van der Waals surface area contributed by atoms with Gasteiger partial charge < -0.3 is 19.7 Å². The Balaban J connectivity index is 0.000000344. The Labute approximate surface area is 191 Å². The number of methoxy groups -OCH3 is 2. The lowest BCUT2D eigenvalue weighted by Gasteiger charge is -2.40. The van der Waals surface area contributed by atoms with Crippen molar-refractivity contribution in [3.63, 3.8) is 0 Å². The third-order valence-electron chi connectivity index (χ3n) is 5.86. The molecule has 1 N–H and O–H groups in total. The summed E-state index contributed by atoms with van der Waals surface area (Å²) in [5, 5.41) is 2.66. The van der Waals surface area contributed by atoms with Crippen molar-refractivity contribution in [2.45, 2.75) is 38.5 Å². The molecule has 0 atom stereocenters. The highest BCUT2D eigenvalue weighted by molar-refractivity contribution is 5.94. The minimum Gasteiger partial charge on any atom is -0.497 e. The molecule has 32 heavy (non-hydrogen) atoms. The van der Waals surface area contributed by atoms with Gasteiger partial charge in [-0.25, -0.2) is 0 Å². The molecule has 3 rings (SSSR count). The second-order valence-electron chi connectivity index (χ2n) is 8.28. The van der Waals surface area contributed by atoms with E-state index in [1.54, 1.807) is 14.2 Å². The highest BCUT2D eigenvalue weighted by Crippen LogP contribution is 2.35. The van der Waals surface area contributed by atoms with Gasteiger partial charge in [-0.05, 0) is 54.5 Å².